The van der Waals surface area contributed by atoms with E-state index in [1.165, 1.54) is 0 Å². The third-order valence-electron chi connectivity index (χ3n) is 6.53. The minimum Gasteiger partial charge on any atom is -0.486 e. The summed E-state index contributed by atoms with van der Waals surface area (Å²) in [6.07, 6.45) is 5.24. The molecule has 6 heteroatoms. The van der Waals surface area contributed by atoms with Crippen molar-refractivity contribution in [2.45, 2.75) is 38.7 Å². The monoisotopic (exact) mass is 415 g/mol. The number of rotatable bonds is 2. The number of benzene rings is 2. The summed E-state index contributed by atoms with van der Waals surface area (Å²) in [4.78, 5) is 27.8. The van der Waals surface area contributed by atoms with Crippen LogP contribution in [0.4, 0.5) is 0 Å². The van der Waals surface area contributed by atoms with Crippen LogP contribution in [0.25, 0.3) is 5.69 Å². The van der Waals surface area contributed by atoms with Gasteiger partial charge in [0.25, 0.3) is 5.91 Å². The molecule has 0 aliphatic carbocycles. The summed E-state index contributed by atoms with van der Waals surface area (Å²) in [7, 11) is 0. The highest BCUT2D eigenvalue weighted by Gasteiger charge is 2.43. The maximum absolute atomic E-state index is 13.1. The molecule has 2 aromatic carbocycles. The van der Waals surface area contributed by atoms with Crippen LogP contribution in [0.15, 0.2) is 54.9 Å². The number of likely N-dealkylation sites (tertiary alicyclic amines) is 1. The largest absolute Gasteiger partial charge is 0.486 e. The van der Waals surface area contributed by atoms with Crippen LogP contribution in [0, 0.1) is 13.8 Å². The number of piperidine rings is 1. The lowest BCUT2D eigenvalue weighted by Gasteiger charge is -2.44. The number of hydrogen-bond acceptors (Lipinski definition) is 4. The highest BCUT2D eigenvalue weighted by atomic mass is 16.5. The number of nitrogens with zero attached hydrogens (tertiary/aromatic N) is 3. The van der Waals surface area contributed by atoms with Gasteiger partial charge in [0, 0.05) is 43.9 Å². The van der Waals surface area contributed by atoms with Gasteiger partial charge in [-0.15, -0.1) is 0 Å². The molecule has 5 rings (SSSR count). The molecule has 0 atom stereocenters. The highest BCUT2D eigenvalue weighted by Crippen LogP contribution is 2.40. The molecule has 1 amide bonds. The molecule has 3 heterocycles. The zero-order chi connectivity index (χ0) is 21.6. The molecule has 0 radical (unpaired) electrons. The SMILES string of the molecule is Cc1cc2c(cc1C)C(=O)CC1(CCN(C(=O)c3cccc(-n4cccn4)c3)CC1)O2. The molecular weight excluding hydrogens is 390 g/mol. The van der Waals surface area contributed by atoms with E-state index in [2.05, 4.69) is 5.10 Å². The molecule has 2 aliphatic rings. The summed E-state index contributed by atoms with van der Waals surface area (Å²) in [6.45, 7) is 5.18. The number of amides is 1. The van der Waals surface area contributed by atoms with Gasteiger partial charge in [-0.05, 0) is 61.4 Å². The standard InChI is InChI=1S/C25H25N3O3/c1-17-13-21-22(29)16-25(31-23(21)14-18(17)2)7-11-27(12-8-25)24(30)19-5-3-6-20(15-19)28-10-4-9-26-28/h3-6,9-10,13-15H,7-8,11-12,16H2,1-2H3. The molecule has 1 spiro atoms. The fourth-order valence-corrected chi connectivity index (χ4v) is 4.53. The van der Waals surface area contributed by atoms with Gasteiger partial charge < -0.3 is 9.64 Å². The molecule has 0 saturated carbocycles. The van der Waals surface area contributed by atoms with E-state index in [4.69, 9.17) is 4.74 Å². The fraction of sp³-hybridized carbons (Fsp3) is 0.320. The smallest absolute Gasteiger partial charge is 0.253 e. The lowest BCUT2D eigenvalue weighted by Crippen LogP contribution is -2.52. The Balaban J connectivity index is 1.31. The third kappa shape index (κ3) is 3.52. The Bertz CT molecular complexity index is 1160. The summed E-state index contributed by atoms with van der Waals surface area (Å²) >= 11 is 0. The van der Waals surface area contributed by atoms with Crippen molar-refractivity contribution in [3.8, 4) is 11.4 Å². The molecule has 0 bridgehead atoms. The molecule has 2 aliphatic heterocycles. The number of hydrogen-bond donors (Lipinski definition) is 0. The van der Waals surface area contributed by atoms with E-state index < -0.39 is 5.60 Å². The normalized spacial score (nSPS) is 17.4. The average molecular weight is 415 g/mol. The Labute approximate surface area is 181 Å². The van der Waals surface area contributed by atoms with Crippen LogP contribution in [0.3, 0.4) is 0 Å². The van der Waals surface area contributed by atoms with Crippen molar-refractivity contribution in [1.29, 1.82) is 0 Å². The topological polar surface area (TPSA) is 64.4 Å². The van der Waals surface area contributed by atoms with Gasteiger partial charge in [0.05, 0.1) is 17.7 Å². The van der Waals surface area contributed by atoms with Crippen LogP contribution in [0.5, 0.6) is 5.75 Å². The van der Waals surface area contributed by atoms with Crippen molar-refractivity contribution in [2.75, 3.05) is 13.1 Å². The molecule has 1 aromatic heterocycles. The molecule has 1 fully saturated rings. The second kappa shape index (κ2) is 7.38. The van der Waals surface area contributed by atoms with Crippen LogP contribution in [-0.2, 0) is 0 Å². The van der Waals surface area contributed by atoms with Crippen LogP contribution in [0.1, 0.15) is 51.1 Å². The maximum Gasteiger partial charge on any atom is 0.253 e. The van der Waals surface area contributed by atoms with Crippen LogP contribution in [0.2, 0.25) is 0 Å². The third-order valence-corrected chi connectivity index (χ3v) is 6.53. The lowest BCUT2D eigenvalue weighted by molar-refractivity contribution is -0.00575. The minimum absolute atomic E-state index is 0.00198. The van der Waals surface area contributed by atoms with Crippen molar-refractivity contribution in [3.05, 3.63) is 77.1 Å². The Morgan fingerprint density at radius 3 is 2.58 bits per heavy atom. The zero-order valence-corrected chi connectivity index (χ0v) is 17.8. The number of ether oxygens (including phenoxy) is 1. The van der Waals surface area contributed by atoms with Crippen molar-refractivity contribution < 1.29 is 14.3 Å². The zero-order valence-electron chi connectivity index (χ0n) is 17.8. The average Bonchev–Trinajstić information content (AvgIpc) is 3.31. The summed E-state index contributed by atoms with van der Waals surface area (Å²) in [5.74, 6) is 0.819. The van der Waals surface area contributed by atoms with Crippen molar-refractivity contribution in [1.82, 2.24) is 14.7 Å². The molecule has 1 saturated heterocycles. The van der Waals surface area contributed by atoms with E-state index >= 15 is 0 Å². The molecule has 0 unspecified atom stereocenters. The van der Waals surface area contributed by atoms with Gasteiger partial charge >= 0.3 is 0 Å². The second-order valence-electron chi connectivity index (χ2n) is 8.61. The van der Waals surface area contributed by atoms with E-state index in [9.17, 15) is 9.59 Å². The van der Waals surface area contributed by atoms with E-state index in [1.807, 2.05) is 67.4 Å². The van der Waals surface area contributed by atoms with Crippen LogP contribution >= 0.6 is 0 Å². The molecule has 158 valence electrons. The molecule has 3 aromatic rings. The molecular formula is C25H25N3O3. The van der Waals surface area contributed by atoms with Crippen molar-refractivity contribution in [2.24, 2.45) is 0 Å². The maximum atomic E-state index is 13.1. The number of ketones is 1. The van der Waals surface area contributed by atoms with Crippen molar-refractivity contribution >= 4 is 11.7 Å². The van der Waals surface area contributed by atoms with Crippen LogP contribution < -0.4 is 4.74 Å². The second-order valence-corrected chi connectivity index (χ2v) is 8.61. The Kier molecular flexibility index (Phi) is 4.65. The predicted octanol–water partition coefficient (Wildman–Crippen LogP) is 4.13. The van der Waals surface area contributed by atoms with Gasteiger partial charge in [-0.2, -0.15) is 5.10 Å². The van der Waals surface area contributed by atoms with Gasteiger partial charge in [0.1, 0.15) is 11.4 Å². The minimum atomic E-state index is -0.514. The van der Waals surface area contributed by atoms with Gasteiger partial charge in [-0.3, -0.25) is 9.59 Å². The van der Waals surface area contributed by atoms with Gasteiger partial charge in [0.15, 0.2) is 5.78 Å². The van der Waals surface area contributed by atoms with Gasteiger partial charge in [-0.25, -0.2) is 4.68 Å². The molecule has 31 heavy (non-hydrogen) atoms. The van der Waals surface area contributed by atoms with Gasteiger partial charge in [0.2, 0.25) is 0 Å². The van der Waals surface area contributed by atoms with Gasteiger partial charge in [-0.1, -0.05) is 6.07 Å². The van der Waals surface area contributed by atoms with E-state index in [1.54, 1.807) is 10.9 Å². The highest BCUT2D eigenvalue weighted by molar-refractivity contribution is 6.01. The first-order valence-electron chi connectivity index (χ1n) is 10.7. The first kappa shape index (κ1) is 19.5. The first-order valence-corrected chi connectivity index (χ1v) is 10.7. The van der Waals surface area contributed by atoms with E-state index in [-0.39, 0.29) is 11.7 Å². The summed E-state index contributed by atoms with van der Waals surface area (Å²) < 4.78 is 8.14. The Morgan fingerprint density at radius 2 is 1.84 bits per heavy atom. The first-order chi connectivity index (χ1) is 14.9. The number of aromatic nitrogens is 2. The van der Waals surface area contributed by atoms with E-state index in [0.717, 1.165) is 16.8 Å². The van der Waals surface area contributed by atoms with Crippen LogP contribution in [-0.4, -0.2) is 45.1 Å². The number of Topliss-reactive ketones (excluding diaryl/α,β-unsaturated/α-hetero) is 1. The number of carbonyl (C=O) groups is 2. The van der Waals surface area contributed by atoms with Crippen molar-refractivity contribution in [3.63, 3.8) is 0 Å². The summed E-state index contributed by atoms with van der Waals surface area (Å²) in [6, 6.07) is 13.3. The lowest BCUT2D eigenvalue weighted by atomic mass is 9.81. The summed E-state index contributed by atoms with van der Waals surface area (Å²) in [5.41, 5.74) is 3.88. The number of aryl methyl sites for hydroxylation is 2. The molecule has 0 N–H and O–H groups in total. The Hall–Kier alpha value is -3.41. The summed E-state index contributed by atoms with van der Waals surface area (Å²) in [5, 5.41) is 4.24. The quantitative estimate of drug-likeness (QED) is 0.631. The number of fused-ring (bicyclic) bond motifs is 1. The predicted molar refractivity (Wildman–Crippen MR) is 117 cm³/mol. The molecule has 6 nitrogen and oxygen atoms in total. The fourth-order valence-electron chi connectivity index (χ4n) is 4.53. The number of carbonyl (C=O) groups excluding carboxylic acids is 2. The Morgan fingerprint density at radius 1 is 1.06 bits per heavy atom. The van der Waals surface area contributed by atoms with E-state index in [0.29, 0.717) is 49.2 Å².